The van der Waals surface area contributed by atoms with Gasteiger partial charge in [-0.1, -0.05) is 6.92 Å². The Morgan fingerprint density at radius 1 is 1.56 bits per heavy atom. The molecule has 0 radical (unpaired) electrons. The van der Waals surface area contributed by atoms with Crippen molar-refractivity contribution < 1.29 is 9.90 Å². The fourth-order valence-electron chi connectivity index (χ4n) is 1.35. The molecular weight excluding hydrogens is 206 g/mol. The zero-order chi connectivity index (χ0) is 12.0. The molecule has 1 aromatic heterocycles. The summed E-state index contributed by atoms with van der Waals surface area (Å²) in [4.78, 5) is 11.8. The molecule has 1 aromatic rings. The van der Waals surface area contributed by atoms with Crippen molar-refractivity contribution in [2.75, 3.05) is 6.61 Å². The lowest BCUT2D eigenvalue weighted by Gasteiger charge is -2.28. The fraction of sp³-hybridized carbons (Fsp3) is 0.545. The van der Waals surface area contributed by atoms with Crippen molar-refractivity contribution in [3.05, 3.63) is 24.0 Å². The van der Waals surface area contributed by atoms with Crippen LogP contribution in [0.25, 0.3) is 0 Å². The summed E-state index contributed by atoms with van der Waals surface area (Å²) in [5, 5.41) is 19.1. The van der Waals surface area contributed by atoms with Crippen molar-refractivity contribution >= 4 is 5.91 Å². The highest BCUT2D eigenvalue weighted by Crippen LogP contribution is 2.14. The molecule has 5 heteroatoms. The van der Waals surface area contributed by atoms with Crippen molar-refractivity contribution in [2.24, 2.45) is 0 Å². The summed E-state index contributed by atoms with van der Waals surface area (Å²) in [5.41, 5.74) is 0.0994. The number of amides is 1. The van der Waals surface area contributed by atoms with E-state index in [1.807, 2.05) is 13.8 Å². The number of carbonyl (C=O) groups excluding carboxylic acids is 1. The maximum absolute atomic E-state index is 11.8. The first-order chi connectivity index (χ1) is 7.61. The molecule has 16 heavy (non-hydrogen) atoms. The summed E-state index contributed by atoms with van der Waals surface area (Å²) in [6.45, 7) is 3.94. The Balaban J connectivity index is 2.70. The standard InChI is InChI=1S/C11H17N3O2/c1-3-11(2,5-7-15)14-10(16)9-4-6-12-13-8-9/h4,6,8,15H,3,5,7H2,1-2H3,(H,14,16). The minimum absolute atomic E-state index is 0.0548. The number of hydrogen-bond acceptors (Lipinski definition) is 4. The van der Waals surface area contributed by atoms with Crippen LogP contribution in [0.4, 0.5) is 0 Å². The van der Waals surface area contributed by atoms with Crippen molar-refractivity contribution in [2.45, 2.75) is 32.2 Å². The largest absolute Gasteiger partial charge is 0.396 e. The zero-order valence-corrected chi connectivity index (χ0v) is 9.60. The van der Waals surface area contributed by atoms with E-state index in [0.29, 0.717) is 12.0 Å². The van der Waals surface area contributed by atoms with Gasteiger partial charge in [-0.2, -0.15) is 10.2 Å². The van der Waals surface area contributed by atoms with Gasteiger partial charge < -0.3 is 10.4 Å². The molecule has 5 nitrogen and oxygen atoms in total. The van der Waals surface area contributed by atoms with Crippen molar-refractivity contribution in [3.63, 3.8) is 0 Å². The number of aliphatic hydroxyl groups excluding tert-OH is 1. The summed E-state index contributed by atoms with van der Waals surface area (Å²) >= 11 is 0. The highest BCUT2D eigenvalue weighted by Gasteiger charge is 2.24. The van der Waals surface area contributed by atoms with Gasteiger partial charge in [-0.3, -0.25) is 4.79 Å². The summed E-state index contributed by atoms with van der Waals surface area (Å²) < 4.78 is 0. The van der Waals surface area contributed by atoms with Gasteiger partial charge in [0.1, 0.15) is 0 Å². The van der Waals surface area contributed by atoms with E-state index in [2.05, 4.69) is 15.5 Å². The number of aromatic nitrogens is 2. The molecule has 2 N–H and O–H groups in total. The highest BCUT2D eigenvalue weighted by atomic mass is 16.3. The molecular formula is C11H17N3O2. The average molecular weight is 223 g/mol. The average Bonchev–Trinajstić information content (AvgIpc) is 2.30. The quantitative estimate of drug-likeness (QED) is 0.772. The second-order valence-electron chi connectivity index (χ2n) is 3.97. The van der Waals surface area contributed by atoms with Gasteiger partial charge in [0, 0.05) is 12.1 Å². The Labute approximate surface area is 94.9 Å². The van der Waals surface area contributed by atoms with Crippen LogP contribution in [0.15, 0.2) is 18.5 Å². The number of rotatable bonds is 5. The van der Waals surface area contributed by atoms with E-state index in [9.17, 15) is 4.79 Å². The van der Waals surface area contributed by atoms with Crippen LogP contribution in [0.5, 0.6) is 0 Å². The maximum Gasteiger partial charge on any atom is 0.253 e. The number of aliphatic hydroxyl groups is 1. The smallest absolute Gasteiger partial charge is 0.253 e. The molecule has 0 aliphatic rings. The van der Waals surface area contributed by atoms with Crippen molar-refractivity contribution in [1.29, 1.82) is 0 Å². The van der Waals surface area contributed by atoms with Crippen LogP contribution >= 0.6 is 0 Å². The second kappa shape index (κ2) is 5.55. The Morgan fingerprint density at radius 3 is 2.81 bits per heavy atom. The van der Waals surface area contributed by atoms with Crippen LogP contribution < -0.4 is 5.32 Å². The van der Waals surface area contributed by atoms with Crippen LogP contribution in [-0.4, -0.2) is 33.4 Å². The molecule has 88 valence electrons. The van der Waals surface area contributed by atoms with Gasteiger partial charge in [-0.15, -0.1) is 0 Å². The first-order valence-corrected chi connectivity index (χ1v) is 5.31. The van der Waals surface area contributed by atoms with Gasteiger partial charge in [0.25, 0.3) is 5.91 Å². The molecule has 1 atom stereocenters. The molecule has 0 spiro atoms. The second-order valence-corrected chi connectivity index (χ2v) is 3.97. The zero-order valence-electron chi connectivity index (χ0n) is 9.60. The maximum atomic E-state index is 11.8. The van der Waals surface area contributed by atoms with E-state index in [1.165, 1.54) is 12.4 Å². The Morgan fingerprint density at radius 2 is 2.31 bits per heavy atom. The number of carbonyl (C=O) groups is 1. The van der Waals surface area contributed by atoms with Gasteiger partial charge in [-0.25, -0.2) is 0 Å². The molecule has 0 aromatic carbocycles. The lowest BCUT2D eigenvalue weighted by Crippen LogP contribution is -2.46. The van der Waals surface area contributed by atoms with Crippen LogP contribution in [0, 0.1) is 0 Å². The third kappa shape index (κ3) is 3.27. The van der Waals surface area contributed by atoms with Gasteiger partial charge in [0.2, 0.25) is 0 Å². The van der Waals surface area contributed by atoms with Gasteiger partial charge in [0.15, 0.2) is 0 Å². The molecule has 0 fully saturated rings. The van der Waals surface area contributed by atoms with Crippen molar-refractivity contribution in [3.8, 4) is 0 Å². The Hall–Kier alpha value is -1.49. The first-order valence-electron chi connectivity index (χ1n) is 5.31. The van der Waals surface area contributed by atoms with Crippen molar-refractivity contribution in [1.82, 2.24) is 15.5 Å². The summed E-state index contributed by atoms with van der Waals surface area (Å²) in [7, 11) is 0. The highest BCUT2D eigenvalue weighted by molar-refractivity contribution is 5.94. The number of nitrogens with zero attached hydrogens (tertiary/aromatic N) is 2. The van der Waals surface area contributed by atoms with Gasteiger partial charge in [0.05, 0.1) is 18.0 Å². The third-order valence-electron chi connectivity index (χ3n) is 2.71. The van der Waals surface area contributed by atoms with E-state index in [1.54, 1.807) is 6.07 Å². The minimum atomic E-state index is -0.380. The molecule has 0 saturated heterocycles. The predicted octanol–water partition coefficient (Wildman–Crippen LogP) is 0.757. The van der Waals surface area contributed by atoms with Crippen LogP contribution in [0.1, 0.15) is 37.0 Å². The summed E-state index contributed by atoms with van der Waals surface area (Å²) in [5.74, 6) is -0.187. The van der Waals surface area contributed by atoms with Crippen LogP contribution in [-0.2, 0) is 0 Å². The van der Waals surface area contributed by atoms with E-state index >= 15 is 0 Å². The lowest BCUT2D eigenvalue weighted by atomic mass is 9.94. The Bertz CT molecular complexity index is 342. The summed E-state index contributed by atoms with van der Waals surface area (Å²) in [6.07, 6.45) is 4.19. The molecule has 1 amide bonds. The first kappa shape index (κ1) is 12.6. The van der Waals surface area contributed by atoms with E-state index in [4.69, 9.17) is 5.11 Å². The molecule has 0 bridgehead atoms. The SMILES string of the molecule is CCC(C)(CCO)NC(=O)c1ccnnc1. The topological polar surface area (TPSA) is 75.1 Å². The normalized spacial score (nSPS) is 14.2. The molecule has 0 aliphatic carbocycles. The van der Waals surface area contributed by atoms with Gasteiger partial charge in [-0.05, 0) is 25.8 Å². The lowest BCUT2D eigenvalue weighted by molar-refractivity contribution is 0.0885. The molecule has 1 rings (SSSR count). The molecule has 0 aliphatic heterocycles. The minimum Gasteiger partial charge on any atom is -0.396 e. The number of nitrogens with one attached hydrogen (secondary N) is 1. The van der Waals surface area contributed by atoms with Crippen LogP contribution in [0.3, 0.4) is 0 Å². The Kier molecular flexibility index (Phi) is 4.37. The molecule has 0 saturated carbocycles. The molecule has 1 unspecified atom stereocenters. The van der Waals surface area contributed by atoms with E-state index in [-0.39, 0.29) is 18.1 Å². The predicted molar refractivity (Wildman–Crippen MR) is 59.9 cm³/mol. The third-order valence-corrected chi connectivity index (χ3v) is 2.71. The summed E-state index contributed by atoms with van der Waals surface area (Å²) in [6, 6.07) is 1.61. The van der Waals surface area contributed by atoms with Gasteiger partial charge >= 0.3 is 0 Å². The molecule has 1 heterocycles. The fourth-order valence-corrected chi connectivity index (χ4v) is 1.35. The van der Waals surface area contributed by atoms with E-state index < -0.39 is 0 Å². The number of hydrogen-bond donors (Lipinski definition) is 2. The van der Waals surface area contributed by atoms with Crippen LogP contribution in [0.2, 0.25) is 0 Å². The van der Waals surface area contributed by atoms with E-state index in [0.717, 1.165) is 6.42 Å². The monoisotopic (exact) mass is 223 g/mol.